The van der Waals surface area contributed by atoms with E-state index in [1.54, 1.807) is 6.07 Å². The molecule has 0 amide bonds. The van der Waals surface area contributed by atoms with Gasteiger partial charge < -0.3 is 9.58 Å². The summed E-state index contributed by atoms with van der Waals surface area (Å²) in [7, 11) is 0. The van der Waals surface area contributed by atoms with Crippen molar-refractivity contribution in [1.82, 2.24) is 4.98 Å². The van der Waals surface area contributed by atoms with E-state index in [4.69, 9.17) is 11.3 Å². The van der Waals surface area contributed by atoms with Gasteiger partial charge in [0.2, 0.25) is 5.92 Å². The predicted molar refractivity (Wildman–Crippen MR) is 58.3 cm³/mol. The fourth-order valence-corrected chi connectivity index (χ4v) is 1.86. The summed E-state index contributed by atoms with van der Waals surface area (Å²) in [5.41, 5.74) is 0. The fraction of sp³-hybridized carbons (Fsp3) is 0.500. The van der Waals surface area contributed by atoms with E-state index in [1.165, 1.54) is 12.3 Å². The maximum atomic E-state index is 12.9. The van der Waals surface area contributed by atoms with Crippen LogP contribution in [0.2, 0.25) is 0 Å². The summed E-state index contributed by atoms with van der Waals surface area (Å²) < 4.78 is 31.4. The second kappa shape index (κ2) is 4.66. The summed E-state index contributed by atoms with van der Waals surface area (Å²) >= 11 is 0. The van der Waals surface area contributed by atoms with Gasteiger partial charge in [-0.15, -0.1) is 4.98 Å². The number of rotatable bonds is 2. The molecule has 1 saturated carbocycles. The first-order valence-corrected chi connectivity index (χ1v) is 5.47. The summed E-state index contributed by atoms with van der Waals surface area (Å²) in [4.78, 5) is 7.01. The smallest absolute Gasteiger partial charge is 0.273 e. The molecule has 0 unspecified atom stereocenters. The predicted octanol–water partition coefficient (Wildman–Crippen LogP) is 3.59. The van der Waals surface area contributed by atoms with Gasteiger partial charge in [-0.2, -0.15) is 0 Å². The van der Waals surface area contributed by atoms with Crippen molar-refractivity contribution in [3.63, 3.8) is 0 Å². The molecule has 0 saturated heterocycles. The van der Waals surface area contributed by atoms with Crippen molar-refractivity contribution < 1.29 is 13.5 Å². The number of ether oxygens (including phenoxy) is 1. The standard InChI is InChI=1S/C12H12F2N2O/c1-15-11-8-10(4-7-16-11)17-9-2-5-12(13,14)6-3-9/h4,7-9H,2-3,5-6H2. The number of alkyl halides is 2. The molecule has 1 fully saturated rings. The molecule has 1 aromatic rings. The molecular formula is C12H12F2N2O. The Labute approximate surface area is 98.2 Å². The maximum absolute atomic E-state index is 12.9. The average molecular weight is 238 g/mol. The molecule has 0 radical (unpaired) electrons. The average Bonchev–Trinajstić information content (AvgIpc) is 2.32. The normalized spacial score (nSPS) is 19.6. The van der Waals surface area contributed by atoms with Crippen LogP contribution < -0.4 is 4.74 Å². The van der Waals surface area contributed by atoms with Gasteiger partial charge in [-0.1, -0.05) is 6.57 Å². The van der Waals surface area contributed by atoms with Crippen LogP contribution in [0.3, 0.4) is 0 Å². The summed E-state index contributed by atoms with van der Waals surface area (Å²) in [6, 6.07) is 3.17. The van der Waals surface area contributed by atoms with E-state index in [-0.39, 0.29) is 24.8 Å². The maximum Gasteiger partial charge on any atom is 0.273 e. The van der Waals surface area contributed by atoms with Gasteiger partial charge in [-0.3, -0.25) is 0 Å². The number of hydrogen-bond donors (Lipinski definition) is 0. The first-order chi connectivity index (χ1) is 8.09. The van der Waals surface area contributed by atoms with Crippen molar-refractivity contribution >= 4 is 5.82 Å². The highest BCUT2D eigenvalue weighted by molar-refractivity contribution is 5.41. The summed E-state index contributed by atoms with van der Waals surface area (Å²) in [6.45, 7) is 6.82. The zero-order valence-corrected chi connectivity index (χ0v) is 9.20. The number of nitrogens with zero attached hydrogens (tertiary/aromatic N) is 2. The Morgan fingerprint density at radius 1 is 1.41 bits per heavy atom. The van der Waals surface area contributed by atoms with Crippen LogP contribution in [-0.4, -0.2) is 17.0 Å². The Hall–Kier alpha value is -1.70. The molecule has 0 N–H and O–H groups in total. The van der Waals surface area contributed by atoms with Gasteiger partial charge in [-0.05, 0) is 12.8 Å². The fourth-order valence-electron chi connectivity index (χ4n) is 1.86. The molecule has 0 aromatic carbocycles. The lowest BCUT2D eigenvalue weighted by Crippen LogP contribution is -2.30. The van der Waals surface area contributed by atoms with E-state index < -0.39 is 5.92 Å². The Morgan fingerprint density at radius 2 is 2.12 bits per heavy atom. The molecule has 90 valence electrons. The van der Waals surface area contributed by atoms with Gasteiger partial charge in [0, 0.05) is 25.0 Å². The Morgan fingerprint density at radius 3 is 2.76 bits per heavy atom. The van der Waals surface area contributed by atoms with E-state index in [0.29, 0.717) is 18.6 Å². The van der Waals surface area contributed by atoms with E-state index in [1.807, 2.05) is 0 Å². The highest BCUT2D eigenvalue weighted by Crippen LogP contribution is 2.34. The molecule has 17 heavy (non-hydrogen) atoms. The van der Waals surface area contributed by atoms with Crippen molar-refractivity contribution in [3.05, 3.63) is 29.7 Å². The quantitative estimate of drug-likeness (QED) is 0.736. The van der Waals surface area contributed by atoms with Crippen LogP contribution in [0.15, 0.2) is 18.3 Å². The van der Waals surface area contributed by atoms with Gasteiger partial charge >= 0.3 is 0 Å². The first kappa shape index (κ1) is 11.8. The molecule has 2 rings (SSSR count). The van der Waals surface area contributed by atoms with Crippen LogP contribution in [-0.2, 0) is 0 Å². The summed E-state index contributed by atoms with van der Waals surface area (Å²) in [5, 5.41) is 0. The van der Waals surface area contributed by atoms with Crippen LogP contribution in [0.4, 0.5) is 14.6 Å². The van der Waals surface area contributed by atoms with E-state index in [2.05, 4.69) is 9.83 Å². The van der Waals surface area contributed by atoms with Crippen molar-refractivity contribution in [3.8, 4) is 5.75 Å². The van der Waals surface area contributed by atoms with Crippen LogP contribution in [0.1, 0.15) is 25.7 Å². The van der Waals surface area contributed by atoms with E-state index >= 15 is 0 Å². The highest BCUT2D eigenvalue weighted by atomic mass is 19.3. The minimum atomic E-state index is -2.54. The molecule has 0 aliphatic heterocycles. The Balaban J connectivity index is 1.96. The molecule has 0 bridgehead atoms. The summed E-state index contributed by atoms with van der Waals surface area (Å²) in [6.07, 6.45) is 1.75. The van der Waals surface area contributed by atoms with Gasteiger partial charge in [0.1, 0.15) is 11.9 Å². The molecular weight excluding hydrogens is 226 g/mol. The zero-order chi connectivity index (χ0) is 12.3. The molecule has 1 aliphatic rings. The molecule has 1 aromatic heterocycles. The molecule has 3 nitrogen and oxygen atoms in total. The Kier molecular flexibility index (Phi) is 3.23. The highest BCUT2D eigenvalue weighted by Gasteiger charge is 2.35. The van der Waals surface area contributed by atoms with E-state index in [9.17, 15) is 8.78 Å². The molecule has 5 heteroatoms. The Bertz CT molecular complexity index is 432. The number of aromatic nitrogens is 1. The minimum absolute atomic E-state index is 0.127. The second-order valence-corrected chi connectivity index (χ2v) is 4.13. The van der Waals surface area contributed by atoms with Crippen molar-refractivity contribution in [2.45, 2.75) is 37.7 Å². The first-order valence-electron chi connectivity index (χ1n) is 5.47. The third-order valence-corrected chi connectivity index (χ3v) is 2.80. The van der Waals surface area contributed by atoms with Crippen LogP contribution in [0, 0.1) is 6.57 Å². The van der Waals surface area contributed by atoms with Crippen molar-refractivity contribution in [1.29, 1.82) is 0 Å². The molecule has 1 heterocycles. The zero-order valence-electron chi connectivity index (χ0n) is 9.20. The number of hydrogen-bond acceptors (Lipinski definition) is 2. The molecule has 0 atom stereocenters. The lowest BCUT2D eigenvalue weighted by molar-refractivity contribution is -0.0582. The van der Waals surface area contributed by atoms with Crippen LogP contribution >= 0.6 is 0 Å². The van der Waals surface area contributed by atoms with Gasteiger partial charge in [0.05, 0.1) is 6.10 Å². The second-order valence-electron chi connectivity index (χ2n) is 4.13. The monoisotopic (exact) mass is 238 g/mol. The number of pyridine rings is 1. The van der Waals surface area contributed by atoms with Crippen LogP contribution in [0.5, 0.6) is 5.75 Å². The molecule has 1 aliphatic carbocycles. The lowest BCUT2D eigenvalue weighted by Gasteiger charge is -2.28. The van der Waals surface area contributed by atoms with Gasteiger partial charge in [-0.25, -0.2) is 8.78 Å². The van der Waals surface area contributed by atoms with Crippen LogP contribution in [0.25, 0.3) is 4.85 Å². The third kappa shape index (κ3) is 3.13. The third-order valence-electron chi connectivity index (χ3n) is 2.80. The largest absolute Gasteiger partial charge is 0.492 e. The van der Waals surface area contributed by atoms with Gasteiger partial charge in [0.25, 0.3) is 5.82 Å². The minimum Gasteiger partial charge on any atom is -0.492 e. The summed E-state index contributed by atoms with van der Waals surface area (Å²) in [5.74, 6) is -1.76. The number of halogens is 2. The SMILES string of the molecule is [C-]#[N+]c1cc(OC2CCC(F)(F)CC2)ccn1. The van der Waals surface area contributed by atoms with E-state index in [0.717, 1.165) is 0 Å². The molecule has 0 spiro atoms. The lowest BCUT2D eigenvalue weighted by atomic mass is 9.94. The van der Waals surface area contributed by atoms with Crippen molar-refractivity contribution in [2.75, 3.05) is 0 Å². The van der Waals surface area contributed by atoms with Crippen molar-refractivity contribution in [2.24, 2.45) is 0 Å². The topological polar surface area (TPSA) is 26.5 Å². The van der Waals surface area contributed by atoms with Gasteiger partial charge in [0.15, 0.2) is 0 Å².